The molecule has 0 saturated carbocycles. The van der Waals surface area contributed by atoms with Crippen molar-refractivity contribution in [2.24, 2.45) is 5.92 Å². The van der Waals surface area contributed by atoms with Crippen LogP contribution in [0.15, 0.2) is 33.9 Å². The number of hydrogen-bond acceptors (Lipinski definition) is 5. The number of thioether (sulfide) groups is 1. The lowest BCUT2D eigenvalue weighted by Crippen LogP contribution is -2.40. The van der Waals surface area contributed by atoms with Gasteiger partial charge in [0.2, 0.25) is 11.8 Å². The fourth-order valence-electron chi connectivity index (χ4n) is 3.13. The maximum Gasteiger partial charge on any atom is 0.277 e. The third kappa shape index (κ3) is 4.67. The van der Waals surface area contributed by atoms with Crippen molar-refractivity contribution in [2.75, 3.05) is 18.8 Å². The average molecular weight is 374 g/mol. The lowest BCUT2D eigenvalue weighted by atomic mass is 9.87. The van der Waals surface area contributed by atoms with Crippen LogP contribution in [0, 0.1) is 5.92 Å². The molecule has 0 spiro atoms. The standard InChI is InChI=1S/C20H27N3O2S/c1-14-6-5-11-23(12-14)17(24)13-26-19-22-21-18(25-19)15-7-9-16(10-8-15)20(2,3)4/h7-10,14H,5-6,11-13H2,1-4H3. The molecule has 26 heavy (non-hydrogen) atoms. The molecule has 0 radical (unpaired) electrons. The number of piperidine rings is 1. The molecule has 6 heteroatoms. The van der Waals surface area contributed by atoms with E-state index in [1.165, 1.54) is 23.7 Å². The SMILES string of the molecule is CC1CCCN(C(=O)CSc2nnc(-c3ccc(C(C)(C)C)cc3)o2)C1. The van der Waals surface area contributed by atoms with Crippen LogP contribution in [0.5, 0.6) is 0 Å². The normalized spacial score (nSPS) is 18.2. The van der Waals surface area contributed by atoms with Gasteiger partial charge in [0.05, 0.1) is 5.75 Å². The van der Waals surface area contributed by atoms with E-state index in [9.17, 15) is 4.79 Å². The first-order valence-corrected chi connectivity index (χ1v) is 10.2. The Kier molecular flexibility index (Phi) is 5.70. The van der Waals surface area contributed by atoms with Crippen molar-refractivity contribution in [1.82, 2.24) is 15.1 Å². The van der Waals surface area contributed by atoms with Gasteiger partial charge in [0.15, 0.2) is 0 Å². The van der Waals surface area contributed by atoms with Crippen molar-refractivity contribution in [3.05, 3.63) is 29.8 Å². The summed E-state index contributed by atoms with van der Waals surface area (Å²) in [5.41, 5.74) is 2.27. The molecule has 1 amide bonds. The highest BCUT2D eigenvalue weighted by Crippen LogP contribution is 2.27. The van der Waals surface area contributed by atoms with Gasteiger partial charge in [-0.2, -0.15) is 0 Å². The second kappa shape index (κ2) is 7.82. The summed E-state index contributed by atoms with van der Waals surface area (Å²) in [7, 11) is 0. The first-order valence-electron chi connectivity index (χ1n) is 9.18. The Hall–Kier alpha value is -1.82. The minimum atomic E-state index is 0.112. The maximum absolute atomic E-state index is 12.3. The van der Waals surface area contributed by atoms with Crippen molar-refractivity contribution in [2.45, 2.75) is 51.2 Å². The van der Waals surface area contributed by atoms with Crippen LogP contribution in [0.2, 0.25) is 0 Å². The predicted octanol–water partition coefficient (Wildman–Crippen LogP) is 4.38. The summed E-state index contributed by atoms with van der Waals surface area (Å²) in [6, 6.07) is 8.19. The van der Waals surface area contributed by atoms with Crippen LogP contribution in [-0.4, -0.2) is 39.8 Å². The van der Waals surface area contributed by atoms with E-state index in [4.69, 9.17) is 4.42 Å². The first-order chi connectivity index (χ1) is 12.3. The second-order valence-corrected chi connectivity index (χ2v) is 9.00. The molecule has 140 valence electrons. The molecule has 1 fully saturated rings. The zero-order valence-corrected chi connectivity index (χ0v) is 16.8. The highest BCUT2D eigenvalue weighted by Gasteiger charge is 2.22. The Morgan fingerprint density at radius 2 is 2.00 bits per heavy atom. The number of nitrogens with zero attached hydrogens (tertiary/aromatic N) is 3. The number of rotatable bonds is 4. The monoisotopic (exact) mass is 373 g/mol. The zero-order chi connectivity index (χ0) is 18.7. The fourth-order valence-corrected chi connectivity index (χ4v) is 3.79. The van der Waals surface area contributed by atoms with Gasteiger partial charge in [-0.3, -0.25) is 4.79 Å². The molecule has 1 aliphatic rings. The van der Waals surface area contributed by atoms with E-state index in [0.717, 1.165) is 25.1 Å². The largest absolute Gasteiger partial charge is 0.411 e. The summed E-state index contributed by atoms with van der Waals surface area (Å²) in [4.78, 5) is 14.3. The minimum Gasteiger partial charge on any atom is -0.411 e. The Morgan fingerprint density at radius 1 is 1.27 bits per heavy atom. The molecule has 5 nitrogen and oxygen atoms in total. The van der Waals surface area contributed by atoms with E-state index < -0.39 is 0 Å². The van der Waals surface area contributed by atoms with Gasteiger partial charge in [-0.05, 0) is 41.9 Å². The molecule has 1 atom stereocenters. The van der Waals surface area contributed by atoms with Gasteiger partial charge in [-0.25, -0.2) is 0 Å². The van der Waals surface area contributed by atoms with Gasteiger partial charge in [0.25, 0.3) is 5.22 Å². The van der Waals surface area contributed by atoms with Gasteiger partial charge in [0, 0.05) is 18.7 Å². The van der Waals surface area contributed by atoms with Crippen molar-refractivity contribution in [3.63, 3.8) is 0 Å². The van der Waals surface area contributed by atoms with Gasteiger partial charge in [-0.15, -0.1) is 10.2 Å². The van der Waals surface area contributed by atoms with E-state index in [2.05, 4.69) is 50.0 Å². The number of likely N-dealkylation sites (tertiary alicyclic amines) is 1. The second-order valence-electron chi connectivity index (χ2n) is 8.08. The van der Waals surface area contributed by atoms with Crippen LogP contribution in [0.25, 0.3) is 11.5 Å². The molecule has 0 bridgehead atoms. The van der Waals surface area contributed by atoms with Gasteiger partial charge >= 0.3 is 0 Å². The lowest BCUT2D eigenvalue weighted by molar-refractivity contribution is -0.130. The molecule has 1 aliphatic heterocycles. The smallest absolute Gasteiger partial charge is 0.277 e. The minimum absolute atomic E-state index is 0.112. The fraction of sp³-hybridized carbons (Fsp3) is 0.550. The van der Waals surface area contributed by atoms with Crippen LogP contribution in [0.4, 0.5) is 0 Å². The summed E-state index contributed by atoms with van der Waals surface area (Å²) in [5.74, 6) is 1.57. The van der Waals surface area contributed by atoms with Gasteiger partial charge in [-0.1, -0.05) is 51.6 Å². The molecule has 0 N–H and O–H groups in total. The Morgan fingerprint density at radius 3 is 2.65 bits per heavy atom. The number of hydrogen-bond donors (Lipinski definition) is 0. The van der Waals surface area contributed by atoms with Gasteiger partial charge in [0.1, 0.15) is 0 Å². The third-order valence-electron chi connectivity index (χ3n) is 4.73. The lowest BCUT2D eigenvalue weighted by Gasteiger charge is -2.30. The highest BCUT2D eigenvalue weighted by atomic mass is 32.2. The molecule has 1 unspecified atom stereocenters. The number of amides is 1. The Bertz CT molecular complexity index is 749. The number of carbonyl (C=O) groups excluding carboxylic acids is 1. The summed E-state index contributed by atoms with van der Waals surface area (Å²) in [6.45, 7) is 10.5. The third-order valence-corrected chi connectivity index (χ3v) is 5.54. The molecule has 3 rings (SSSR count). The first kappa shape index (κ1) is 19.0. The molecular formula is C20H27N3O2S. The predicted molar refractivity (Wildman–Crippen MR) is 104 cm³/mol. The molecule has 2 heterocycles. The highest BCUT2D eigenvalue weighted by molar-refractivity contribution is 7.99. The molecule has 1 aromatic carbocycles. The molecule has 1 saturated heterocycles. The van der Waals surface area contributed by atoms with E-state index in [1.807, 2.05) is 17.0 Å². The van der Waals surface area contributed by atoms with E-state index in [1.54, 1.807) is 0 Å². The zero-order valence-electron chi connectivity index (χ0n) is 16.0. The van der Waals surface area contributed by atoms with Crippen molar-refractivity contribution in [3.8, 4) is 11.5 Å². The molecular weight excluding hydrogens is 346 g/mol. The van der Waals surface area contributed by atoms with Crippen LogP contribution in [-0.2, 0) is 10.2 Å². The molecule has 0 aliphatic carbocycles. The topological polar surface area (TPSA) is 59.2 Å². The van der Waals surface area contributed by atoms with E-state index in [0.29, 0.717) is 22.8 Å². The molecule has 1 aromatic heterocycles. The van der Waals surface area contributed by atoms with Crippen molar-refractivity contribution >= 4 is 17.7 Å². The Labute approximate surface area is 159 Å². The van der Waals surface area contributed by atoms with E-state index in [-0.39, 0.29) is 11.3 Å². The summed E-state index contributed by atoms with van der Waals surface area (Å²) < 4.78 is 5.72. The maximum atomic E-state index is 12.3. The Balaban J connectivity index is 1.58. The van der Waals surface area contributed by atoms with Gasteiger partial charge < -0.3 is 9.32 Å². The number of benzene rings is 1. The van der Waals surface area contributed by atoms with Crippen LogP contribution >= 0.6 is 11.8 Å². The number of carbonyl (C=O) groups is 1. The van der Waals surface area contributed by atoms with Crippen molar-refractivity contribution in [1.29, 1.82) is 0 Å². The van der Waals surface area contributed by atoms with Crippen molar-refractivity contribution < 1.29 is 9.21 Å². The average Bonchev–Trinajstić information content (AvgIpc) is 3.08. The van der Waals surface area contributed by atoms with E-state index >= 15 is 0 Å². The van der Waals surface area contributed by atoms with Crippen LogP contribution in [0.1, 0.15) is 46.1 Å². The van der Waals surface area contributed by atoms with Crippen LogP contribution in [0.3, 0.4) is 0 Å². The number of aromatic nitrogens is 2. The summed E-state index contributed by atoms with van der Waals surface area (Å²) >= 11 is 1.31. The van der Waals surface area contributed by atoms with Crippen LogP contribution < -0.4 is 0 Å². The molecule has 2 aromatic rings. The quantitative estimate of drug-likeness (QED) is 0.744. The summed E-state index contributed by atoms with van der Waals surface area (Å²) in [6.07, 6.45) is 2.30. The summed E-state index contributed by atoms with van der Waals surface area (Å²) in [5, 5.41) is 8.63.